The van der Waals surface area contributed by atoms with Gasteiger partial charge in [-0.05, 0) is 6.42 Å². The number of aromatic nitrogens is 5. The zero-order valence-corrected chi connectivity index (χ0v) is 11.5. The summed E-state index contributed by atoms with van der Waals surface area (Å²) in [5.74, 6) is 1.05. The molecule has 0 bridgehead atoms. The average molecular weight is 275 g/mol. The summed E-state index contributed by atoms with van der Waals surface area (Å²) in [5.41, 5.74) is 0.272. The molecule has 106 valence electrons. The molecule has 2 rings (SSSR count). The normalized spacial score (nSPS) is 10.3. The van der Waals surface area contributed by atoms with Gasteiger partial charge in [-0.1, -0.05) is 6.92 Å². The molecule has 2 aromatic heterocycles. The van der Waals surface area contributed by atoms with Gasteiger partial charge in [-0.2, -0.15) is 0 Å². The molecule has 2 N–H and O–H groups in total. The Hall–Kier alpha value is -2.51. The van der Waals surface area contributed by atoms with Crippen molar-refractivity contribution in [1.29, 1.82) is 0 Å². The highest BCUT2D eigenvalue weighted by Gasteiger charge is 2.09. The molecule has 0 spiro atoms. The summed E-state index contributed by atoms with van der Waals surface area (Å²) in [6, 6.07) is 0. The van der Waals surface area contributed by atoms with E-state index in [0.717, 1.165) is 13.0 Å². The minimum Gasteiger partial charge on any atom is -0.369 e. The molecular weight excluding hydrogens is 258 g/mol. The van der Waals surface area contributed by atoms with Crippen molar-refractivity contribution in [1.82, 2.24) is 30.0 Å². The van der Waals surface area contributed by atoms with Crippen LogP contribution < -0.4 is 10.6 Å². The number of hydrogen-bond acceptors (Lipinski definition) is 6. The van der Waals surface area contributed by atoms with Crippen molar-refractivity contribution in [2.24, 2.45) is 7.05 Å². The van der Waals surface area contributed by atoms with E-state index in [-0.39, 0.29) is 11.6 Å². The Morgan fingerprint density at radius 3 is 2.80 bits per heavy atom. The van der Waals surface area contributed by atoms with Crippen LogP contribution in [-0.2, 0) is 13.6 Å². The molecule has 0 aliphatic heterocycles. The third-order valence-corrected chi connectivity index (χ3v) is 2.65. The van der Waals surface area contributed by atoms with Crippen LogP contribution in [-0.4, -0.2) is 37.2 Å². The highest BCUT2D eigenvalue weighted by Crippen LogP contribution is 2.01. The number of amides is 1. The van der Waals surface area contributed by atoms with Crippen LogP contribution in [0.25, 0.3) is 0 Å². The molecule has 2 heterocycles. The van der Waals surface area contributed by atoms with Crippen LogP contribution in [0.4, 0.5) is 5.82 Å². The van der Waals surface area contributed by atoms with Crippen molar-refractivity contribution < 1.29 is 4.79 Å². The van der Waals surface area contributed by atoms with Crippen LogP contribution in [0, 0.1) is 0 Å². The lowest BCUT2D eigenvalue weighted by Gasteiger charge is -2.05. The van der Waals surface area contributed by atoms with Crippen molar-refractivity contribution in [3.05, 3.63) is 30.2 Å². The molecule has 0 atom stereocenters. The second-order valence-corrected chi connectivity index (χ2v) is 4.25. The molecule has 0 saturated carbocycles. The van der Waals surface area contributed by atoms with Crippen molar-refractivity contribution in [3.63, 3.8) is 0 Å². The highest BCUT2D eigenvalue weighted by molar-refractivity contribution is 5.91. The molecule has 0 aliphatic rings. The van der Waals surface area contributed by atoms with Gasteiger partial charge in [-0.15, -0.1) is 10.2 Å². The van der Waals surface area contributed by atoms with E-state index in [2.05, 4.69) is 37.7 Å². The second kappa shape index (κ2) is 6.60. The number of carbonyl (C=O) groups excluding carboxylic acids is 1. The van der Waals surface area contributed by atoms with Gasteiger partial charge in [0.1, 0.15) is 17.8 Å². The topological polar surface area (TPSA) is 97.6 Å². The fourth-order valence-electron chi connectivity index (χ4n) is 1.51. The standard InChI is InChI=1S/C12H17N7O/c1-3-4-13-10-6-14-9(5-15-10)12(20)16-7-11-18-17-8-19(11)2/h5-6,8H,3-4,7H2,1-2H3,(H,13,15)(H,16,20). The zero-order chi connectivity index (χ0) is 14.4. The van der Waals surface area contributed by atoms with Crippen LogP contribution in [0.5, 0.6) is 0 Å². The first kappa shape index (κ1) is 13.9. The van der Waals surface area contributed by atoms with E-state index >= 15 is 0 Å². The molecule has 0 radical (unpaired) electrons. The fraction of sp³-hybridized carbons (Fsp3) is 0.417. The second-order valence-electron chi connectivity index (χ2n) is 4.25. The summed E-state index contributed by atoms with van der Waals surface area (Å²) >= 11 is 0. The maximum absolute atomic E-state index is 11.9. The maximum Gasteiger partial charge on any atom is 0.271 e. The largest absolute Gasteiger partial charge is 0.369 e. The summed E-state index contributed by atoms with van der Waals surface area (Å²) in [6.45, 7) is 3.19. The van der Waals surface area contributed by atoms with Crippen LogP contribution in [0.15, 0.2) is 18.7 Å². The van der Waals surface area contributed by atoms with E-state index in [1.54, 1.807) is 17.1 Å². The quantitative estimate of drug-likeness (QED) is 0.790. The van der Waals surface area contributed by atoms with Gasteiger partial charge >= 0.3 is 0 Å². The number of nitrogens with one attached hydrogen (secondary N) is 2. The minimum absolute atomic E-state index is 0.272. The van der Waals surface area contributed by atoms with Crippen LogP contribution in [0.3, 0.4) is 0 Å². The molecular formula is C12H17N7O. The van der Waals surface area contributed by atoms with E-state index in [0.29, 0.717) is 18.2 Å². The monoisotopic (exact) mass is 275 g/mol. The molecule has 8 nitrogen and oxygen atoms in total. The highest BCUT2D eigenvalue weighted by atomic mass is 16.1. The first-order valence-electron chi connectivity index (χ1n) is 6.37. The zero-order valence-electron chi connectivity index (χ0n) is 11.5. The van der Waals surface area contributed by atoms with E-state index in [4.69, 9.17) is 0 Å². The van der Waals surface area contributed by atoms with Crippen LogP contribution >= 0.6 is 0 Å². The summed E-state index contributed by atoms with van der Waals surface area (Å²) in [7, 11) is 1.81. The molecule has 0 saturated heterocycles. The molecule has 8 heteroatoms. The molecule has 0 unspecified atom stereocenters. The molecule has 0 aromatic carbocycles. The molecule has 0 fully saturated rings. The van der Waals surface area contributed by atoms with Crippen molar-refractivity contribution >= 4 is 11.7 Å². The predicted molar refractivity (Wildman–Crippen MR) is 73.0 cm³/mol. The molecule has 2 aromatic rings. The van der Waals surface area contributed by atoms with Crippen molar-refractivity contribution in [3.8, 4) is 0 Å². The molecule has 20 heavy (non-hydrogen) atoms. The van der Waals surface area contributed by atoms with E-state index in [9.17, 15) is 4.79 Å². The van der Waals surface area contributed by atoms with Crippen molar-refractivity contribution in [2.45, 2.75) is 19.9 Å². The Balaban J connectivity index is 1.90. The summed E-state index contributed by atoms with van der Waals surface area (Å²) in [5, 5.41) is 13.4. The maximum atomic E-state index is 11.9. The minimum atomic E-state index is -0.289. The number of carbonyl (C=O) groups is 1. The van der Waals surface area contributed by atoms with Crippen LogP contribution in [0.1, 0.15) is 29.7 Å². The van der Waals surface area contributed by atoms with Gasteiger partial charge in [0.25, 0.3) is 5.91 Å². The Morgan fingerprint density at radius 1 is 1.35 bits per heavy atom. The SMILES string of the molecule is CCCNc1cnc(C(=O)NCc2nncn2C)cn1. The fourth-order valence-corrected chi connectivity index (χ4v) is 1.51. The summed E-state index contributed by atoms with van der Waals surface area (Å²) < 4.78 is 1.74. The van der Waals surface area contributed by atoms with Gasteiger partial charge in [-0.3, -0.25) is 4.79 Å². The first-order chi connectivity index (χ1) is 9.70. The average Bonchev–Trinajstić information content (AvgIpc) is 2.88. The number of nitrogens with zero attached hydrogens (tertiary/aromatic N) is 5. The van der Waals surface area contributed by atoms with Gasteiger partial charge < -0.3 is 15.2 Å². The van der Waals surface area contributed by atoms with E-state index in [1.165, 1.54) is 6.20 Å². The Morgan fingerprint density at radius 2 is 2.20 bits per heavy atom. The lowest BCUT2D eigenvalue weighted by atomic mass is 10.4. The van der Waals surface area contributed by atoms with Gasteiger partial charge in [0.15, 0.2) is 5.82 Å². The Bertz CT molecular complexity index is 563. The smallest absolute Gasteiger partial charge is 0.271 e. The van der Waals surface area contributed by atoms with Crippen LogP contribution in [0.2, 0.25) is 0 Å². The Labute approximate surface area is 116 Å². The molecule has 0 aliphatic carbocycles. The van der Waals surface area contributed by atoms with Gasteiger partial charge in [-0.25, -0.2) is 9.97 Å². The number of rotatable bonds is 6. The number of anilines is 1. The summed E-state index contributed by atoms with van der Waals surface area (Å²) in [4.78, 5) is 20.1. The Kier molecular flexibility index (Phi) is 4.59. The lowest BCUT2D eigenvalue weighted by molar-refractivity contribution is 0.0944. The predicted octanol–water partition coefficient (Wildman–Crippen LogP) is 0.357. The first-order valence-corrected chi connectivity index (χ1v) is 6.37. The third-order valence-electron chi connectivity index (χ3n) is 2.65. The number of hydrogen-bond donors (Lipinski definition) is 2. The molecule has 1 amide bonds. The lowest BCUT2D eigenvalue weighted by Crippen LogP contribution is -2.25. The van der Waals surface area contributed by atoms with E-state index < -0.39 is 0 Å². The number of aryl methyl sites for hydroxylation is 1. The van der Waals surface area contributed by atoms with Gasteiger partial charge in [0, 0.05) is 13.6 Å². The van der Waals surface area contributed by atoms with Crippen molar-refractivity contribution in [2.75, 3.05) is 11.9 Å². The van der Waals surface area contributed by atoms with Gasteiger partial charge in [0.2, 0.25) is 0 Å². The van der Waals surface area contributed by atoms with E-state index in [1.807, 2.05) is 7.05 Å². The van der Waals surface area contributed by atoms with Gasteiger partial charge in [0.05, 0.1) is 18.9 Å². The third kappa shape index (κ3) is 3.50. The summed E-state index contributed by atoms with van der Waals surface area (Å²) in [6.07, 6.45) is 5.58.